The standard InChI is InChI=1S/C13H16F3N5S.HI/c1-17-12(18-5-9-3-4-21(2)7-9)19-6-11-20-10(8-22-11)13(14,15)16;/h3-4,7-8H,5-6H2,1-2H3,(H2,17,18,19);1H. The summed E-state index contributed by atoms with van der Waals surface area (Å²) in [7, 11) is 3.53. The second-order valence-corrected chi connectivity index (χ2v) is 5.53. The SMILES string of the molecule is CN=C(NCc1ccn(C)c1)NCc1nc(C(F)(F)F)cs1.I. The van der Waals surface area contributed by atoms with Crippen LogP contribution >= 0.6 is 35.3 Å². The van der Waals surface area contributed by atoms with E-state index in [0.29, 0.717) is 17.5 Å². The van der Waals surface area contributed by atoms with Crippen LogP contribution in [0.1, 0.15) is 16.3 Å². The Morgan fingerprint density at radius 2 is 2.04 bits per heavy atom. The van der Waals surface area contributed by atoms with E-state index in [1.165, 1.54) is 0 Å². The minimum atomic E-state index is -4.40. The third-order valence-electron chi connectivity index (χ3n) is 2.83. The molecule has 10 heteroatoms. The van der Waals surface area contributed by atoms with Crippen molar-refractivity contribution in [3.8, 4) is 0 Å². The molecule has 0 aliphatic heterocycles. The number of alkyl halides is 3. The van der Waals surface area contributed by atoms with Gasteiger partial charge in [0.1, 0.15) is 5.01 Å². The average Bonchev–Trinajstić information content (AvgIpc) is 3.07. The van der Waals surface area contributed by atoms with E-state index >= 15 is 0 Å². The van der Waals surface area contributed by atoms with Gasteiger partial charge in [0.2, 0.25) is 0 Å². The second-order valence-electron chi connectivity index (χ2n) is 4.59. The van der Waals surface area contributed by atoms with Crippen LogP contribution in [0, 0.1) is 0 Å². The van der Waals surface area contributed by atoms with E-state index in [1.807, 2.05) is 30.1 Å². The third-order valence-corrected chi connectivity index (χ3v) is 3.67. The summed E-state index contributed by atoms with van der Waals surface area (Å²) < 4.78 is 39.3. The van der Waals surface area contributed by atoms with Crippen molar-refractivity contribution in [1.82, 2.24) is 20.2 Å². The van der Waals surface area contributed by atoms with Gasteiger partial charge in [-0.3, -0.25) is 4.99 Å². The van der Waals surface area contributed by atoms with E-state index in [-0.39, 0.29) is 30.5 Å². The van der Waals surface area contributed by atoms with Crippen molar-refractivity contribution in [2.45, 2.75) is 19.3 Å². The van der Waals surface area contributed by atoms with E-state index in [9.17, 15) is 13.2 Å². The zero-order chi connectivity index (χ0) is 16.2. The predicted molar refractivity (Wildman–Crippen MR) is 95.0 cm³/mol. The molecule has 2 N–H and O–H groups in total. The van der Waals surface area contributed by atoms with Gasteiger partial charge >= 0.3 is 6.18 Å². The lowest BCUT2D eigenvalue weighted by atomic mass is 10.3. The highest BCUT2D eigenvalue weighted by atomic mass is 127. The predicted octanol–water partition coefficient (Wildman–Crippen LogP) is 2.98. The molecule has 0 radical (unpaired) electrons. The summed E-state index contributed by atoms with van der Waals surface area (Å²) in [5, 5.41) is 7.39. The van der Waals surface area contributed by atoms with Crippen LogP contribution in [-0.4, -0.2) is 22.6 Å². The first-order valence-corrected chi connectivity index (χ1v) is 7.33. The lowest BCUT2D eigenvalue weighted by Crippen LogP contribution is -2.36. The number of rotatable bonds is 4. The van der Waals surface area contributed by atoms with Crippen molar-refractivity contribution in [3.63, 3.8) is 0 Å². The van der Waals surface area contributed by atoms with Gasteiger partial charge in [-0.25, -0.2) is 4.98 Å². The average molecular weight is 459 g/mol. The Hall–Kier alpha value is -1.30. The van der Waals surface area contributed by atoms with Gasteiger partial charge in [-0.2, -0.15) is 13.2 Å². The first-order chi connectivity index (χ1) is 10.4. The molecule has 128 valence electrons. The summed E-state index contributed by atoms with van der Waals surface area (Å²) in [6.07, 6.45) is -0.500. The van der Waals surface area contributed by atoms with E-state index in [2.05, 4.69) is 20.6 Å². The summed E-state index contributed by atoms with van der Waals surface area (Å²) in [6.45, 7) is 0.765. The van der Waals surface area contributed by atoms with Crippen LogP contribution in [0.2, 0.25) is 0 Å². The van der Waals surface area contributed by atoms with E-state index in [1.54, 1.807) is 7.05 Å². The number of hydrogen-bond donors (Lipinski definition) is 2. The molecule has 0 saturated heterocycles. The topological polar surface area (TPSA) is 54.2 Å². The van der Waals surface area contributed by atoms with Gasteiger partial charge in [0.15, 0.2) is 11.7 Å². The molecule has 0 unspecified atom stereocenters. The maximum atomic E-state index is 12.5. The molecule has 0 bridgehead atoms. The number of halogens is 4. The Morgan fingerprint density at radius 1 is 1.35 bits per heavy atom. The molecule has 0 saturated carbocycles. The smallest absolute Gasteiger partial charge is 0.357 e. The van der Waals surface area contributed by atoms with Crippen molar-refractivity contribution in [2.75, 3.05) is 7.05 Å². The van der Waals surface area contributed by atoms with Crippen molar-refractivity contribution >= 4 is 41.3 Å². The Morgan fingerprint density at radius 3 is 2.57 bits per heavy atom. The van der Waals surface area contributed by atoms with Crippen LogP contribution in [0.15, 0.2) is 28.8 Å². The van der Waals surface area contributed by atoms with Gasteiger partial charge in [-0.15, -0.1) is 35.3 Å². The van der Waals surface area contributed by atoms with Crippen LogP contribution in [0.4, 0.5) is 13.2 Å². The highest BCUT2D eigenvalue weighted by Crippen LogP contribution is 2.29. The number of aromatic nitrogens is 2. The lowest BCUT2D eigenvalue weighted by Gasteiger charge is -2.10. The van der Waals surface area contributed by atoms with Crippen LogP contribution in [0.25, 0.3) is 0 Å². The number of aryl methyl sites for hydroxylation is 1. The fraction of sp³-hybridized carbons (Fsp3) is 0.385. The zero-order valence-electron chi connectivity index (χ0n) is 12.5. The van der Waals surface area contributed by atoms with E-state index in [0.717, 1.165) is 22.3 Å². The molecule has 0 aliphatic rings. The Labute approximate surface area is 153 Å². The molecule has 0 spiro atoms. The van der Waals surface area contributed by atoms with Gasteiger partial charge in [-0.1, -0.05) is 0 Å². The minimum Gasteiger partial charge on any atom is -0.357 e. The van der Waals surface area contributed by atoms with Crippen molar-refractivity contribution in [1.29, 1.82) is 0 Å². The molecule has 2 rings (SSSR count). The first kappa shape index (κ1) is 19.7. The highest BCUT2D eigenvalue weighted by molar-refractivity contribution is 14.0. The summed E-state index contributed by atoms with van der Waals surface area (Å²) in [4.78, 5) is 7.58. The molecule has 0 amide bonds. The highest BCUT2D eigenvalue weighted by Gasteiger charge is 2.33. The summed E-state index contributed by atoms with van der Waals surface area (Å²) >= 11 is 0.967. The Bertz CT molecular complexity index is 650. The maximum absolute atomic E-state index is 12.5. The van der Waals surface area contributed by atoms with Crippen LogP contribution < -0.4 is 10.6 Å². The van der Waals surface area contributed by atoms with Gasteiger partial charge in [-0.05, 0) is 11.6 Å². The van der Waals surface area contributed by atoms with Crippen molar-refractivity contribution in [2.24, 2.45) is 12.0 Å². The monoisotopic (exact) mass is 459 g/mol. The first-order valence-electron chi connectivity index (χ1n) is 6.45. The summed E-state index contributed by atoms with van der Waals surface area (Å²) in [5.41, 5.74) is 0.223. The van der Waals surface area contributed by atoms with Crippen LogP contribution in [0.3, 0.4) is 0 Å². The molecule has 23 heavy (non-hydrogen) atoms. The van der Waals surface area contributed by atoms with Gasteiger partial charge in [0.05, 0.1) is 6.54 Å². The molecule has 2 heterocycles. The van der Waals surface area contributed by atoms with Gasteiger partial charge in [0, 0.05) is 38.4 Å². The largest absolute Gasteiger partial charge is 0.434 e. The number of thiazole rings is 1. The van der Waals surface area contributed by atoms with Gasteiger partial charge < -0.3 is 15.2 Å². The Kier molecular flexibility index (Phi) is 7.32. The van der Waals surface area contributed by atoms with E-state index < -0.39 is 11.9 Å². The number of nitrogens with one attached hydrogen (secondary N) is 2. The fourth-order valence-corrected chi connectivity index (χ4v) is 2.49. The van der Waals surface area contributed by atoms with Crippen molar-refractivity contribution < 1.29 is 13.2 Å². The second kappa shape index (κ2) is 8.52. The quantitative estimate of drug-likeness (QED) is 0.420. The number of guanidine groups is 1. The van der Waals surface area contributed by atoms with Gasteiger partial charge in [0.25, 0.3) is 0 Å². The lowest BCUT2D eigenvalue weighted by molar-refractivity contribution is -0.140. The molecule has 2 aromatic rings. The molecular weight excluding hydrogens is 442 g/mol. The summed E-state index contributed by atoms with van der Waals surface area (Å²) in [6, 6.07) is 1.97. The normalized spacial score (nSPS) is 12.0. The maximum Gasteiger partial charge on any atom is 0.434 e. The molecule has 2 aromatic heterocycles. The molecule has 0 atom stereocenters. The fourth-order valence-electron chi connectivity index (χ4n) is 1.75. The third kappa shape index (κ3) is 6.01. The van der Waals surface area contributed by atoms with Crippen molar-refractivity contribution in [3.05, 3.63) is 40.1 Å². The molecule has 5 nitrogen and oxygen atoms in total. The van der Waals surface area contributed by atoms with Crippen LogP contribution in [0.5, 0.6) is 0 Å². The molecule has 0 aliphatic carbocycles. The molecule has 0 fully saturated rings. The minimum absolute atomic E-state index is 0. The Balaban J connectivity index is 0.00000264. The zero-order valence-corrected chi connectivity index (χ0v) is 15.7. The number of hydrogen-bond acceptors (Lipinski definition) is 3. The van der Waals surface area contributed by atoms with E-state index in [4.69, 9.17) is 0 Å². The van der Waals surface area contributed by atoms with Crippen LogP contribution in [-0.2, 0) is 26.3 Å². The summed E-state index contributed by atoms with van der Waals surface area (Å²) in [5.74, 6) is 0.507. The molecule has 0 aromatic carbocycles. The number of nitrogens with zero attached hydrogens (tertiary/aromatic N) is 3. The number of aliphatic imine (C=N–C) groups is 1. The molecular formula is C13H17F3IN5S.